The summed E-state index contributed by atoms with van der Waals surface area (Å²) >= 11 is 0. The van der Waals surface area contributed by atoms with Gasteiger partial charge in [-0.1, -0.05) is 0 Å². The molecule has 0 aromatic rings. The number of amides is 1. The minimum Gasteiger partial charge on any atom is -0.388 e. The van der Waals surface area contributed by atoms with Crippen molar-refractivity contribution in [3.8, 4) is 0 Å². The first-order valence-corrected chi connectivity index (χ1v) is 7.01. The molecule has 112 valence electrons. The Hall–Kier alpha value is -0.650. The van der Waals surface area contributed by atoms with Crippen LogP contribution >= 0.6 is 0 Å². The zero-order chi connectivity index (χ0) is 14.5. The lowest BCUT2D eigenvalue weighted by Gasteiger charge is -2.35. The van der Waals surface area contributed by atoms with Crippen LogP contribution in [0.15, 0.2) is 0 Å². The van der Waals surface area contributed by atoms with Crippen LogP contribution in [0.2, 0.25) is 0 Å². The van der Waals surface area contributed by atoms with Crippen LogP contribution in [0.25, 0.3) is 0 Å². The molecule has 0 radical (unpaired) electrons. The molecule has 1 amide bonds. The fraction of sp³-hybridized carbons (Fsp3) is 0.929. The lowest BCUT2D eigenvalue weighted by molar-refractivity contribution is -0.136. The lowest BCUT2D eigenvalue weighted by atomic mass is 9.94. The number of likely N-dealkylation sites (N-methyl/N-ethyl adjacent to an activating group) is 1. The minimum absolute atomic E-state index is 0.0256. The molecule has 1 fully saturated rings. The van der Waals surface area contributed by atoms with Gasteiger partial charge in [-0.2, -0.15) is 0 Å². The Balaban J connectivity index is 2.32. The number of nitrogens with one attached hydrogen (secondary N) is 1. The molecule has 0 aromatic heterocycles. The van der Waals surface area contributed by atoms with Crippen molar-refractivity contribution in [1.82, 2.24) is 10.2 Å². The fourth-order valence-corrected chi connectivity index (χ4v) is 2.17. The summed E-state index contributed by atoms with van der Waals surface area (Å²) < 4.78 is 5.24. The highest BCUT2D eigenvalue weighted by molar-refractivity contribution is 5.76. The molecule has 1 aliphatic heterocycles. The van der Waals surface area contributed by atoms with E-state index in [2.05, 4.69) is 26.1 Å². The van der Waals surface area contributed by atoms with E-state index in [1.165, 1.54) is 0 Å². The molecule has 0 saturated carbocycles. The molecular weight excluding hydrogens is 244 g/mol. The van der Waals surface area contributed by atoms with E-state index in [4.69, 9.17) is 4.74 Å². The van der Waals surface area contributed by atoms with Crippen LogP contribution in [0.3, 0.4) is 0 Å². The van der Waals surface area contributed by atoms with Gasteiger partial charge in [-0.3, -0.25) is 4.79 Å². The highest BCUT2D eigenvalue weighted by Crippen LogP contribution is 2.21. The van der Waals surface area contributed by atoms with E-state index in [-0.39, 0.29) is 11.4 Å². The van der Waals surface area contributed by atoms with E-state index in [0.29, 0.717) is 45.6 Å². The molecule has 1 aliphatic rings. The Morgan fingerprint density at radius 2 is 1.95 bits per heavy atom. The van der Waals surface area contributed by atoms with Gasteiger partial charge in [0, 0.05) is 58.2 Å². The number of carbonyl (C=O) groups is 1. The summed E-state index contributed by atoms with van der Waals surface area (Å²) in [5.41, 5.74) is -0.752. The molecule has 1 rings (SSSR count). The van der Waals surface area contributed by atoms with Gasteiger partial charge in [0.25, 0.3) is 0 Å². The molecule has 5 nitrogen and oxygen atoms in total. The molecule has 0 aliphatic carbocycles. The fourth-order valence-electron chi connectivity index (χ4n) is 2.17. The standard InChI is InChI=1S/C14H28N2O3/c1-13(2,3)15-8-5-12(17)16(4)11-14(18)6-9-19-10-7-14/h15,18H,5-11H2,1-4H3. The molecule has 0 bridgehead atoms. The van der Waals surface area contributed by atoms with Crippen molar-refractivity contribution in [1.29, 1.82) is 0 Å². The van der Waals surface area contributed by atoms with Crippen molar-refractivity contribution in [3.63, 3.8) is 0 Å². The molecular formula is C14H28N2O3. The lowest BCUT2D eigenvalue weighted by Crippen LogP contribution is -2.48. The normalized spacial score (nSPS) is 19.2. The Kier molecular flexibility index (Phi) is 5.77. The van der Waals surface area contributed by atoms with Gasteiger partial charge in [0.2, 0.25) is 5.91 Å². The van der Waals surface area contributed by atoms with E-state index in [9.17, 15) is 9.90 Å². The number of nitrogens with zero attached hydrogens (tertiary/aromatic N) is 1. The SMILES string of the molecule is CN(CC1(O)CCOCC1)C(=O)CCNC(C)(C)C. The van der Waals surface area contributed by atoms with Gasteiger partial charge in [0.05, 0.1) is 5.60 Å². The molecule has 1 saturated heterocycles. The van der Waals surface area contributed by atoms with Crippen molar-refractivity contribution in [2.24, 2.45) is 0 Å². The zero-order valence-electron chi connectivity index (χ0n) is 12.7. The highest BCUT2D eigenvalue weighted by atomic mass is 16.5. The summed E-state index contributed by atoms with van der Waals surface area (Å²) in [7, 11) is 1.76. The van der Waals surface area contributed by atoms with Crippen molar-refractivity contribution in [2.45, 2.75) is 51.2 Å². The summed E-state index contributed by atoms with van der Waals surface area (Å²) in [6.07, 6.45) is 1.66. The summed E-state index contributed by atoms with van der Waals surface area (Å²) in [5.74, 6) is 0.0664. The van der Waals surface area contributed by atoms with Gasteiger partial charge in [0.15, 0.2) is 0 Å². The first kappa shape index (κ1) is 16.4. The van der Waals surface area contributed by atoms with Crippen molar-refractivity contribution in [3.05, 3.63) is 0 Å². The summed E-state index contributed by atoms with van der Waals surface area (Å²) in [6, 6.07) is 0. The number of rotatable bonds is 5. The van der Waals surface area contributed by atoms with Crippen LogP contribution in [0.1, 0.15) is 40.0 Å². The largest absolute Gasteiger partial charge is 0.388 e. The van der Waals surface area contributed by atoms with Crippen LogP contribution in [-0.4, -0.2) is 60.4 Å². The predicted molar refractivity (Wildman–Crippen MR) is 75.0 cm³/mol. The molecule has 2 N–H and O–H groups in total. The third kappa shape index (κ3) is 6.36. The number of ether oxygens (including phenoxy) is 1. The van der Waals surface area contributed by atoms with Gasteiger partial charge in [-0.05, 0) is 20.8 Å². The van der Waals surface area contributed by atoms with Crippen LogP contribution in [0.5, 0.6) is 0 Å². The second kappa shape index (κ2) is 6.68. The van der Waals surface area contributed by atoms with Gasteiger partial charge < -0.3 is 20.1 Å². The van der Waals surface area contributed by atoms with E-state index >= 15 is 0 Å². The van der Waals surface area contributed by atoms with Crippen molar-refractivity contribution in [2.75, 3.05) is 33.4 Å². The number of hydrogen-bond donors (Lipinski definition) is 2. The number of hydrogen-bond acceptors (Lipinski definition) is 4. The second-order valence-electron chi connectivity index (χ2n) is 6.51. The van der Waals surface area contributed by atoms with E-state index in [1.807, 2.05) is 0 Å². The zero-order valence-corrected chi connectivity index (χ0v) is 12.7. The Labute approximate surface area is 116 Å². The highest BCUT2D eigenvalue weighted by Gasteiger charge is 2.32. The average Bonchev–Trinajstić information content (AvgIpc) is 2.27. The molecule has 5 heteroatoms. The third-order valence-corrected chi connectivity index (χ3v) is 3.37. The van der Waals surface area contributed by atoms with Gasteiger partial charge in [0.1, 0.15) is 0 Å². The second-order valence-corrected chi connectivity index (χ2v) is 6.51. The van der Waals surface area contributed by atoms with E-state index in [1.54, 1.807) is 11.9 Å². The maximum atomic E-state index is 12.0. The Morgan fingerprint density at radius 1 is 1.37 bits per heavy atom. The first-order chi connectivity index (χ1) is 8.72. The molecule has 0 aromatic carbocycles. The van der Waals surface area contributed by atoms with Crippen LogP contribution in [-0.2, 0) is 9.53 Å². The van der Waals surface area contributed by atoms with Gasteiger partial charge in [-0.25, -0.2) is 0 Å². The monoisotopic (exact) mass is 272 g/mol. The Morgan fingerprint density at radius 3 is 2.47 bits per heavy atom. The predicted octanol–water partition coefficient (Wildman–Crippen LogP) is 0.764. The van der Waals surface area contributed by atoms with Crippen molar-refractivity contribution < 1.29 is 14.6 Å². The Bertz CT molecular complexity index is 294. The quantitative estimate of drug-likeness (QED) is 0.776. The molecule has 0 unspecified atom stereocenters. The topological polar surface area (TPSA) is 61.8 Å². The summed E-state index contributed by atoms with van der Waals surface area (Å²) in [4.78, 5) is 13.6. The van der Waals surface area contributed by atoms with Crippen LogP contribution < -0.4 is 5.32 Å². The third-order valence-electron chi connectivity index (χ3n) is 3.37. The molecule has 1 heterocycles. The van der Waals surface area contributed by atoms with Crippen molar-refractivity contribution >= 4 is 5.91 Å². The smallest absolute Gasteiger partial charge is 0.223 e. The molecule has 0 atom stereocenters. The summed E-state index contributed by atoms with van der Waals surface area (Å²) in [5, 5.41) is 13.6. The van der Waals surface area contributed by atoms with E-state index < -0.39 is 5.60 Å². The average molecular weight is 272 g/mol. The van der Waals surface area contributed by atoms with Crippen LogP contribution in [0.4, 0.5) is 0 Å². The maximum Gasteiger partial charge on any atom is 0.223 e. The molecule has 0 spiro atoms. The number of aliphatic hydroxyl groups is 1. The van der Waals surface area contributed by atoms with Crippen LogP contribution in [0, 0.1) is 0 Å². The first-order valence-electron chi connectivity index (χ1n) is 7.01. The maximum absolute atomic E-state index is 12.0. The molecule has 19 heavy (non-hydrogen) atoms. The summed E-state index contributed by atoms with van der Waals surface area (Å²) in [6.45, 7) is 8.43. The number of carbonyl (C=O) groups excluding carboxylic acids is 1. The minimum atomic E-state index is -0.778. The van der Waals surface area contributed by atoms with Gasteiger partial charge >= 0.3 is 0 Å². The van der Waals surface area contributed by atoms with E-state index in [0.717, 1.165) is 0 Å². The van der Waals surface area contributed by atoms with Gasteiger partial charge in [-0.15, -0.1) is 0 Å².